The molecule has 6 nitrogen and oxygen atoms in total. The minimum Gasteiger partial charge on any atom is -0.495 e. The number of ether oxygens (including phenoxy) is 1. The monoisotopic (exact) mass is 367 g/mol. The fraction of sp³-hybridized carbons (Fsp3) is 0.467. The lowest BCUT2D eigenvalue weighted by atomic mass is 9.97. The Hall–Kier alpha value is -1.76. The van der Waals surface area contributed by atoms with E-state index in [4.69, 9.17) is 9.84 Å². The molecular weight excluding hydrogens is 350 g/mol. The lowest BCUT2D eigenvalue weighted by Gasteiger charge is -2.29. The van der Waals surface area contributed by atoms with E-state index in [9.17, 15) is 4.79 Å². The Kier molecular flexibility index (Phi) is 4.24. The van der Waals surface area contributed by atoms with Crippen molar-refractivity contribution in [1.29, 1.82) is 0 Å². The van der Waals surface area contributed by atoms with Gasteiger partial charge in [0.15, 0.2) is 0 Å². The number of carboxylic acid groups (broad SMARTS) is 1. The number of likely N-dealkylation sites (tertiary alicyclic amines) is 1. The van der Waals surface area contributed by atoms with Crippen LogP contribution in [0.1, 0.15) is 12.8 Å². The van der Waals surface area contributed by atoms with Gasteiger partial charge in [-0.3, -0.25) is 4.68 Å². The van der Waals surface area contributed by atoms with Gasteiger partial charge in [-0.25, -0.2) is 4.79 Å². The Morgan fingerprint density at radius 1 is 1.45 bits per heavy atom. The quantitative estimate of drug-likeness (QED) is 0.904. The van der Waals surface area contributed by atoms with Crippen LogP contribution in [0.25, 0.3) is 10.9 Å². The van der Waals surface area contributed by atoms with Gasteiger partial charge >= 0.3 is 6.09 Å². The third-order valence-corrected chi connectivity index (χ3v) is 4.80. The lowest BCUT2D eigenvalue weighted by molar-refractivity contribution is 0.121. The molecule has 2 aromatic rings. The molecule has 0 spiro atoms. The molecule has 1 aromatic carbocycles. The largest absolute Gasteiger partial charge is 0.495 e. The van der Waals surface area contributed by atoms with E-state index in [1.807, 2.05) is 23.0 Å². The van der Waals surface area contributed by atoms with Gasteiger partial charge in [0.1, 0.15) is 5.75 Å². The molecule has 0 aliphatic carbocycles. The highest BCUT2D eigenvalue weighted by molar-refractivity contribution is 9.10. The number of piperidine rings is 1. The molecule has 0 unspecified atom stereocenters. The van der Waals surface area contributed by atoms with Gasteiger partial charge in [-0.1, -0.05) is 0 Å². The number of amides is 1. The summed E-state index contributed by atoms with van der Waals surface area (Å²) in [6.45, 7) is 2.02. The summed E-state index contributed by atoms with van der Waals surface area (Å²) in [7, 11) is 1.65. The maximum atomic E-state index is 10.9. The van der Waals surface area contributed by atoms with Gasteiger partial charge in [0.25, 0.3) is 0 Å². The zero-order chi connectivity index (χ0) is 15.7. The number of fused-ring (bicyclic) bond motifs is 1. The molecule has 3 rings (SSSR count). The predicted molar refractivity (Wildman–Crippen MR) is 86.3 cm³/mol. The first-order valence-electron chi connectivity index (χ1n) is 7.26. The fourth-order valence-corrected chi connectivity index (χ4v) is 3.47. The standard InChI is InChI=1S/C15H18BrN3O3/c1-22-14-11-9-19(17-13(11)3-2-12(14)16)8-10-4-6-18(7-5-10)15(20)21/h2-3,9-10H,4-8H2,1H3,(H,20,21). The number of benzene rings is 1. The van der Waals surface area contributed by atoms with E-state index < -0.39 is 6.09 Å². The SMILES string of the molecule is COc1c(Br)ccc2nn(CC3CCN(C(=O)O)CC3)cc12. The van der Waals surface area contributed by atoms with Gasteiger partial charge in [-0.2, -0.15) is 5.10 Å². The summed E-state index contributed by atoms with van der Waals surface area (Å²) in [4.78, 5) is 12.4. The van der Waals surface area contributed by atoms with E-state index in [1.165, 1.54) is 4.90 Å². The van der Waals surface area contributed by atoms with E-state index in [2.05, 4.69) is 21.0 Å². The summed E-state index contributed by atoms with van der Waals surface area (Å²) in [5.41, 5.74) is 0.906. The van der Waals surface area contributed by atoms with Crippen molar-refractivity contribution in [1.82, 2.24) is 14.7 Å². The van der Waals surface area contributed by atoms with Crippen LogP contribution in [-0.2, 0) is 6.54 Å². The summed E-state index contributed by atoms with van der Waals surface area (Å²) < 4.78 is 8.29. The molecule has 1 aromatic heterocycles. The smallest absolute Gasteiger partial charge is 0.407 e. The number of rotatable bonds is 3. The minimum absolute atomic E-state index is 0.458. The Labute approximate surface area is 136 Å². The van der Waals surface area contributed by atoms with E-state index in [1.54, 1.807) is 7.11 Å². The van der Waals surface area contributed by atoms with Crippen LogP contribution < -0.4 is 4.74 Å². The highest BCUT2D eigenvalue weighted by Gasteiger charge is 2.23. The number of carbonyl (C=O) groups is 1. The average molecular weight is 368 g/mol. The van der Waals surface area contributed by atoms with Gasteiger partial charge in [0.2, 0.25) is 0 Å². The zero-order valence-electron chi connectivity index (χ0n) is 12.3. The third-order valence-electron chi connectivity index (χ3n) is 4.17. The molecule has 1 fully saturated rings. The van der Waals surface area contributed by atoms with Crippen molar-refractivity contribution < 1.29 is 14.6 Å². The first kappa shape index (κ1) is 15.1. The topological polar surface area (TPSA) is 67.6 Å². The number of hydrogen-bond donors (Lipinski definition) is 1. The Morgan fingerprint density at radius 3 is 2.82 bits per heavy atom. The Morgan fingerprint density at radius 2 is 2.18 bits per heavy atom. The molecule has 1 N–H and O–H groups in total. The molecule has 118 valence electrons. The minimum atomic E-state index is -0.821. The molecule has 1 aliphatic rings. The highest BCUT2D eigenvalue weighted by Crippen LogP contribution is 2.33. The predicted octanol–water partition coefficient (Wildman–Crippen LogP) is 3.20. The van der Waals surface area contributed by atoms with Crippen LogP contribution in [0.5, 0.6) is 5.75 Å². The van der Waals surface area contributed by atoms with E-state index in [0.717, 1.165) is 40.5 Å². The number of aromatic nitrogens is 2. The molecular formula is C15H18BrN3O3. The molecule has 7 heteroatoms. The van der Waals surface area contributed by atoms with Crippen molar-refractivity contribution >= 4 is 32.9 Å². The zero-order valence-corrected chi connectivity index (χ0v) is 13.9. The van der Waals surface area contributed by atoms with Crippen LogP contribution in [0.3, 0.4) is 0 Å². The van der Waals surface area contributed by atoms with Crippen molar-refractivity contribution in [3.05, 3.63) is 22.8 Å². The summed E-state index contributed by atoms with van der Waals surface area (Å²) >= 11 is 3.48. The molecule has 2 heterocycles. The number of nitrogens with zero attached hydrogens (tertiary/aromatic N) is 3. The van der Waals surface area contributed by atoms with Crippen LogP contribution in [0, 0.1) is 5.92 Å². The molecule has 1 saturated heterocycles. The van der Waals surface area contributed by atoms with Crippen LogP contribution >= 0.6 is 15.9 Å². The summed E-state index contributed by atoms with van der Waals surface area (Å²) in [6.07, 6.45) is 2.94. The van der Waals surface area contributed by atoms with Crippen molar-refractivity contribution in [3.63, 3.8) is 0 Å². The Balaban J connectivity index is 1.74. The maximum Gasteiger partial charge on any atom is 0.407 e. The summed E-state index contributed by atoms with van der Waals surface area (Å²) in [6, 6.07) is 3.90. The number of halogens is 1. The summed E-state index contributed by atoms with van der Waals surface area (Å²) in [5, 5.41) is 14.6. The molecule has 0 bridgehead atoms. The van der Waals surface area contributed by atoms with Gasteiger partial charge in [0, 0.05) is 25.8 Å². The fourth-order valence-electron chi connectivity index (χ4n) is 2.96. The van der Waals surface area contributed by atoms with Gasteiger partial charge < -0.3 is 14.7 Å². The van der Waals surface area contributed by atoms with E-state index >= 15 is 0 Å². The molecule has 1 amide bonds. The molecule has 22 heavy (non-hydrogen) atoms. The van der Waals surface area contributed by atoms with Crippen molar-refractivity contribution in [2.24, 2.45) is 5.92 Å². The van der Waals surface area contributed by atoms with Gasteiger partial charge in [-0.15, -0.1) is 0 Å². The van der Waals surface area contributed by atoms with E-state index in [-0.39, 0.29) is 0 Å². The molecule has 1 aliphatic heterocycles. The second kappa shape index (κ2) is 6.16. The van der Waals surface area contributed by atoms with Crippen LogP contribution in [0.2, 0.25) is 0 Å². The van der Waals surface area contributed by atoms with Gasteiger partial charge in [-0.05, 0) is 46.8 Å². The first-order valence-corrected chi connectivity index (χ1v) is 8.05. The van der Waals surface area contributed by atoms with Crippen molar-refractivity contribution in [3.8, 4) is 5.75 Å². The van der Waals surface area contributed by atoms with E-state index in [0.29, 0.717) is 19.0 Å². The maximum absolute atomic E-state index is 10.9. The number of methoxy groups -OCH3 is 1. The lowest BCUT2D eigenvalue weighted by Crippen LogP contribution is -2.38. The van der Waals surface area contributed by atoms with Gasteiger partial charge in [0.05, 0.1) is 22.5 Å². The highest BCUT2D eigenvalue weighted by atomic mass is 79.9. The second-order valence-electron chi connectivity index (χ2n) is 5.58. The normalized spacial score (nSPS) is 16.2. The average Bonchev–Trinajstić information content (AvgIpc) is 2.90. The van der Waals surface area contributed by atoms with Crippen LogP contribution in [-0.4, -0.2) is 46.1 Å². The first-order chi connectivity index (χ1) is 10.6. The van der Waals surface area contributed by atoms with Crippen LogP contribution in [0.15, 0.2) is 22.8 Å². The Bertz CT molecular complexity index is 693. The third kappa shape index (κ3) is 2.90. The number of hydrogen-bond acceptors (Lipinski definition) is 3. The second-order valence-corrected chi connectivity index (χ2v) is 6.43. The van der Waals surface area contributed by atoms with Crippen molar-refractivity contribution in [2.75, 3.05) is 20.2 Å². The molecule has 0 atom stereocenters. The summed E-state index contributed by atoms with van der Waals surface area (Å²) in [5.74, 6) is 1.25. The van der Waals surface area contributed by atoms with Crippen LogP contribution in [0.4, 0.5) is 4.79 Å². The molecule has 0 radical (unpaired) electrons. The van der Waals surface area contributed by atoms with Crippen molar-refractivity contribution in [2.45, 2.75) is 19.4 Å². The molecule has 0 saturated carbocycles.